The lowest BCUT2D eigenvalue weighted by Gasteiger charge is -2.05. The Morgan fingerprint density at radius 2 is 2.18 bits per heavy atom. The van der Waals surface area contributed by atoms with Gasteiger partial charge in [0.25, 0.3) is 0 Å². The van der Waals surface area contributed by atoms with E-state index < -0.39 is 0 Å². The van der Waals surface area contributed by atoms with Crippen molar-refractivity contribution < 1.29 is 4.79 Å². The van der Waals surface area contributed by atoms with Gasteiger partial charge in [0.2, 0.25) is 5.91 Å². The number of carbonyl (C=O) groups is 1. The molecular weight excluding hydrogens is 138 g/mol. The largest absolute Gasteiger partial charge is 0.366 e. The molecule has 1 amide bonds. The van der Waals surface area contributed by atoms with Gasteiger partial charge in [-0.15, -0.1) is 0 Å². The molecule has 0 bridgehead atoms. The zero-order valence-corrected chi connectivity index (χ0v) is 6.45. The zero-order valence-electron chi connectivity index (χ0n) is 6.45. The number of primary amides is 1. The van der Waals surface area contributed by atoms with Gasteiger partial charge in [0.15, 0.2) is 0 Å². The molecule has 1 rings (SSSR count). The van der Waals surface area contributed by atoms with Gasteiger partial charge in [0, 0.05) is 11.5 Å². The molecule has 0 aromatic heterocycles. The highest BCUT2D eigenvalue weighted by Gasteiger charge is 2.10. The van der Waals surface area contributed by atoms with Crippen LogP contribution < -0.4 is 5.73 Å². The van der Waals surface area contributed by atoms with Crippen molar-refractivity contribution >= 4 is 5.91 Å². The molecule has 1 aliphatic rings. The Hall–Kier alpha value is -1.31. The van der Waals surface area contributed by atoms with Gasteiger partial charge in [0.1, 0.15) is 0 Å². The number of carbonyl (C=O) groups excluding carboxylic acids is 1. The number of hydrogen-bond donors (Lipinski definition) is 1. The Labute approximate surface area is 66.1 Å². The van der Waals surface area contributed by atoms with Crippen LogP contribution in [0, 0.1) is 5.92 Å². The van der Waals surface area contributed by atoms with E-state index in [9.17, 15) is 4.79 Å². The van der Waals surface area contributed by atoms with E-state index in [0.29, 0.717) is 5.57 Å². The van der Waals surface area contributed by atoms with E-state index in [1.54, 1.807) is 6.08 Å². The molecule has 0 fully saturated rings. The van der Waals surface area contributed by atoms with Crippen LogP contribution in [0.25, 0.3) is 0 Å². The van der Waals surface area contributed by atoms with E-state index in [2.05, 4.69) is 0 Å². The van der Waals surface area contributed by atoms with Crippen LogP contribution in [0.3, 0.4) is 0 Å². The highest BCUT2D eigenvalue weighted by atomic mass is 16.1. The molecule has 0 aromatic rings. The van der Waals surface area contributed by atoms with Crippen molar-refractivity contribution in [1.29, 1.82) is 0 Å². The van der Waals surface area contributed by atoms with Crippen LogP contribution in [-0.4, -0.2) is 5.91 Å². The minimum Gasteiger partial charge on any atom is -0.366 e. The van der Waals surface area contributed by atoms with Crippen molar-refractivity contribution in [3.05, 3.63) is 36.0 Å². The van der Waals surface area contributed by atoms with Crippen molar-refractivity contribution in [2.24, 2.45) is 11.7 Å². The first-order valence-corrected chi connectivity index (χ1v) is 3.56. The molecule has 1 atom stereocenters. The summed E-state index contributed by atoms with van der Waals surface area (Å²) in [5.74, 6) is -0.212. The molecule has 2 N–H and O–H groups in total. The number of rotatable bonds is 1. The van der Waals surface area contributed by atoms with Crippen molar-refractivity contribution in [2.75, 3.05) is 0 Å². The summed E-state index contributed by atoms with van der Waals surface area (Å²) in [5.41, 5.74) is 5.81. The first-order valence-electron chi connectivity index (χ1n) is 3.56. The maximum atomic E-state index is 10.8. The predicted molar refractivity (Wildman–Crippen MR) is 44.7 cm³/mol. The fourth-order valence-electron chi connectivity index (χ4n) is 1.02. The van der Waals surface area contributed by atoms with Gasteiger partial charge in [-0.3, -0.25) is 4.79 Å². The SMILES string of the molecule is CC1C=CC=CC=C1C(N)=O. The first-order chi connectivity index (χ1) is 5.22. The molecular formula is C9H11NO. The Morgan fingerprint density at radius 3 is 2.82 bits per heavy atom. The molecule has 0 radical (unpaired) electrons. The van der Waals surface area contributed by atoms with E-state index >= 15 is 0 Å². The quantitative estimate of drug-likeness (QED) is 0.597. The third kappa shape index (κ3) is 1.80. The highest BCUT2D eigenvalue weighted by molar-refractivity contribution is 5.93. The standard InChI is InChI=1S/C9H11NO/c1-7-5-3-2-4-6-8(7)9(10)11/h2-7H,1H3,(H2,10,11). The van der Waals surface area contributed by atoms with Crippen LogP contribution in [0.4, 0.5) is 0 Å². The van der Waals surface area contributed by atoms with Crippen molar-refractivity contribution in [1.82, 2.24) is 0 Å². The maximum absolute atomic E-state index is 10.8. The van der Waals surface area contributed by atoms with Gasteiger partial charge in [0.05, 0.1) is 0 Å². The first kappa shape index (κ1) is 7.79. The number of nitrogens with two attached hydrogens (primary N) is 1. The second kappa shape index (κ2) is 3.19. The summed E-state index contributed by atoms with van der Waals surface area (Å²) in [6.07, 6.45) is 9.32. The molecule has 1 unspecified atom stereocenters. The average molecular weight is 149 g/mol. The zero-order chi connectivity index (χ0) is 8.27. The Bertz CT molecular complexity index is 248. The molecule has 58 valence electrons. The van der Waals surface area contributed by atoms with Crippen LogP contribution in [0.15, 0.2) is 36.0 Å². The summed E-state index contributed by atoms with van der Waals surface area (Å²) in [6, 6.07) is 0. The third-order valence-electron chi connectivity index (χ3n) is 1.67. The molecule has 0 aliphatic heterocycles. The fourth-order valence-corrected chi connectivity index (χ4v) is 1.02. The van der Waals surface area contributed by atoms with Crippen LogP contribution in [0.1, 0.15) is 6.92 Å². The lowest BCUT2D eigenvalue weighted by Crippen LogP contribution is -2.17. The average Bonchev–Trinajstić information content (AvgIpc) is 2.13. The highest BCUT2D eigenvalue weighted by Crippen LogP contribution is 2.13. The predicted octanol–water partition coefficient (Wildman–Crippen LogP) is 1.16. The minimum atomic E-state index is -0.339. The summed E-state index contributed by atoms with van der Waals surface area (Å²) in [7, 11) is 0. The normalized spacial score (nSPS) is 22.6. The van der Waals surface area contributed by atoms with Gasteiger partial charge < -0.3 is 5.73 Å². The number of amides is 1. The van der Waals surface area contributed by atoms with Crippen LogP contribution in [0.5, 0.6) is 0 Å². The Balaban J connectivity index is 2.92. The molecule has 0 saturated heterocycles. The molecule has 11 heavy (non-hydrogen) atoms. The van der Waals surface area contributed by atoms with Crippen LogP contribution >= 0.6 is 0 Å². The summed E-state index contributed by atoms with van der Waals surface area (Å²) in [6.45, 7) is 1.94. The van der Waals surface area contributed by atoms with Crippen molar-refractivity contribution in [3.8, 4) is 0 Å². The molecule has 0 heterocycles. The number of hydrogen-bond acceptors (Lipinski definition) is 1. The molecule has 2 nitrogen and oxygen atoms in total. The Kier molecular flexibility index (Phi) is 2.26. The lowest BCUT2D eigenvalue weighted by atomic mass is 10.0. The topological polar surface area (TPSA) is 43.1 Å². The van der Waals surface area contributed by atoms with Gasteiger partial charge >= 0.3 is 0 Å². The Morgan fingerprint density at radius 1 is 1.45 bits per heavy atom. The van der Waals surface area contributed by atoms with Crippen LogP contribution in [0.2, 0.25) is 0 Å². The smallest absolute Gasteiger partial charge is 0.245 e. The summed E-state index contributed by atoms with van der Waals surface area (Å²) < 4.78 is 0. The third-order valence-corrected chi connectivity index (χ3v) is 1.67. The summed E-state index contributed by atoms with van der Waals surface area (Å²) in [4.78, 5) is 10.8. The summed E-state index contributed by atoms with van der Waals surface area (Å²) in [5, 5.41) is 0. The second-order valence-corrected chi connectivity index (χ2v) is 2.54. The van der Waals surface area contributed by atoms with Gasteiger partial charge in [-0.05, 0) is 0 Å². The molecule has 2 heteroatoms. The van der Waals surface area contributed by atoms with E-state index in [4.69, 9.17) is 5.73 Å². The lowest BCUT2D eigenvalue weighted by molar-refractivity contribution is -0.114. The van der Waals surface area contributed by atoms with Gasteiger partial charge in [-0.1, -0.05) is 37.3 Å². The van der Waals surface area contributed by atoms with Gasteiger partial charge in [-0.2, -0.15) is 0 Å². The van der Waals surface area contributed by atoms with E-state index in [1.165, 1.54) is 0 Å². The van der Waals surface area contributed by atoms with E-state index in [0.717, 1.165) is 0 Å². The number of allylic oxidation sites excluding steroid dienone is 5. The van der Waals surface area contributed by atoms with Crippen molar-refractivity contribution in [2.45, 2.75) is 6.92 Å². The maximum Gasteiger partial charge on any atom is 0.245 e. The molecule has 0 aromatic carbocycles. The second-order valence-electron chi connectivity index (χ2n) is 2.54. The van der Waals surface area contributed by atoms with Crippen molar-refractivity contribution in [3.63, 3.8) is 0 Å². The molecule has 0 spiro atoms. The van der Waals surface area contributed by atoms with Crippen LogP contribution in [-0.2, 0) is 4.79 Å². The van der Waals surface area contributed by atoms with E-state index in [-0.39, 0.29) is 11.8 Å². The minimum absolute atomic E-state index is 0.127. The van der Waals surface area contributed by atoms with E-state index in [1.807, 2.05) is 31.2 Å². The van der Waals surface area contributed by atoms with Gasteiger partial charge in [-0.25, -0.2) is 0 Å². The fraction of sp³-hybridized carbons (Fsp3) is 0.222. The molecule has 0 saturated carbocycles. The monoisotopic (exact) mass is 149 g/mol. The molecule has 1 aliphatic carbocycles. The summed E-state index contributed by atoms with van der Waals surface area (Å²) >= 11 is 0.